The number of rotatable bonds is 3. The number of aromatic nitrogens is 2. The molecule has 2 amide bonds. The summed E-state index contributed by atoms with van der Waals surface area (Å²) in [6, 6.07) is 9.43. The zero-order valence-corrected chi connectivity index (χ0v) is 11.4. The molecule has 0 saturated heterocycles. The van der Waals surface area contributed by atoms with E-state index in [2.05, 4.69) is 10.4 Å². The summed E-state index contributed by atoms with van der Waals surface area (Å²) in [6.07, 6.45) is 1.74. The molecule has 1 heterocycles. The molecule has 2 rings (SSSR count). The number of hydrogen-bond donors (Lipinski definition) is 1. The molecule has 5 heteroatoms. The van der Waals surface area contributed by atoms with E-state index in [9.17, 15) is 4.79 Å². The predicted molar refractivity (Wildman–Crippen MR) is 75.6 cm³/mol. The lowest BCUT2D eigenvalue weighted by atomic mass is 10.2. The van der Waals surface area contributed by atoms with Crippen molar-refractivity contribution in [3.05, 3.63) is 42.2 Å². The van der Waals surface area contributed by atoms with Gasteiger partial charge in [0.25, 0.3) is 0 Å². The molecule has 0 aliphatic carbocycles. The van der Waals surface area contributed by atoms with E-state index in [0.29, 0.717) is 6.54 Å². The smallest absolute Gasteiger partial charge is 0.321 e. The second-order valence-electron chi connectivity index (χ2n) is 4.35. The van der Waals surface area contributed by atoms with Crippen molar-refractivity contribution in [2.75, 3.05) is 18.9 Å². The maximum absolute atomic E-state index is 11.9. The molecule has 100 valence electrons. The van der Waals surface area contributed by atoms with Gasteiger partial charge in [0.15, 0.2) is 0 Å². The third-order valence-corrected chi connectivity index (χ3v) is 3.03. The molecule has 0 aliphatic rings. The Morgan fingerprint density at radius 2 is 2.11 bits per heavy atom. The Morgan fingerprint density at radius 1 is 1.37 bits per heavy atom. The van der Waals surface area contributed by atoms with Crippen LogP contribution in [-0.4, -0.2) is 34.3 Å². The molecule has 1 N–H and O–H groups in total. The Bertz CT molecular complexity index is 576. The Balaban J connectivity index is 2.32. The van der Waals surface area contributed by atoms with E-state index in [0.717, 1.165) is 17.1 Å². The minimum Gasteiger partial charge on any atom is -0.328 e. The average molecular weight is 258 g/mol. The maximum Gasteiger partial charge on any atom is 0.321 e. The van der Waals surface area contributed by atoms with Crippen molar-refractivity contribution in [3.63, 3.8) is 0 Å². The molecule has 2 aromatic rings. The number of para-hydroxylation sites is 2. The van der Waals surface area contributed by atoms with Crippen LogP contribution in [-0.2, 0) is 0 Å². The first-order valence-electron chi connectivity index (χ1n) is 6.25. The van der Waals surface area contributed by atoms with Crippen molar-refractivity contribution in [3.8, 4) is 5.69 Å². The summed E-state index contributed by atoms with van der Waals surface area (Å²) >= 11 is 0. The zero-order chi connectivity index (χ0) is 13.8. The number of aryl methyl sites for hydroxylation is 1. The average Bonchev–Trinajstić information content (AvgIpc) is 2.84. The lowest BCUT2D eigenvalue weighted by Crippen LogP contribution is -2.31. The molecule has 0 bridgehead atoms. The summed E-state index contributed by atoms with van der Waals surface area (Å²) < 4.78 is 1.81. The fraction of sp³-hybridized carbons (Fsp3) is 0.286. The highest BCUT2D eigenvalue weighted by atomic mass is 16.2. The van der Waals surface area contributed by atoms with Crippen LogP contribution in [0.1, 0.15) is 12.6 Å². The molecule has 5 nitrogen and oxygen atoms in total. The van der Waals surface area contributed by atoms with E-state index < -0.39 is 0 Å². The lowest BCUT2D eigenvalue weighted by molar-refractivity contribution is 0.224. The third kappa shape index (κ3) is 2.76. The highest BCUT2D eigenvalue weighted by molar-refractivity contribution is 5.91. The summed E-state index contributed by atoms with van der Waals surface area (Å²) in [5.74, 6) is 0. The van der Waals surface area contributed by atoms with Crippen molar-refractivity contribution in [2.45, 2.75) is 13.8 Å². The summed E-state index contributed by atoms with van der Waals surface area (Å²) in [5, 5.41) is 7.17. The van der Waals surface area contributed by atoms with E-state index >= 15 is 0 Å². The molecule has 0 spiro atoms. The van der Waals surface area contributed by atoms with Crippen LogP contribution in [0.3, 0.4) is 0 Å². The topological polar surface area (TPSA) is 50.2 Å². The molecule has 0 unspecified atom stereocenters. The molecule has 19 heavy (non-hydrogen) atoms. The predicted octanol–water partition coefficient (Wildman–Crippen LogP) is 2.66. The van der Waals surface area contributed by atoms with Crippen molar-refractivity contribution in [1.82, 2.24) is 14.7 Å². The minimum atomic E-state index is -0.125. The van der Waals surface area contributed by atoms with Crippen molar-refractivity contribution in [2.24, 2.45) is 0 Å². The molecule has 1 aromatic carbocycles. The van der Waals surface area contributed by atoms with Crippen molar-refractivity contribution < 1.29 is 4.79 Å². The Labute approximate surface area is 112 Å². The van der Waals surface area contributed by atoms with Gasteiger partial charge in [-0.1, -0.05) is 12.1 Å². The van der Waals surface area contributed by atoms with Crippen LogP contribution >= 0.6 is 0 Å². The van der Waals surface area contributed by atoms with Gasteiger partial charge in [-0.2, -0.15) is 5.10 Å². The van der Waals surface area contributed by atoms with Crippen molar-refractivity contribution in [1.29, 1.82) is 0 Å². The van der Waals surface area contributed by atoms with Gasteiger partial charge >= 0.3 is 6.03 Å². The second-order valence-corrected chi connectivity index (χ2v) is 4.35. The monoisotopic (exact) mass is 258 g/mol. The number of carbonyl (C=O) groups is 1. The zero-order valence-electron chi connectivity index (χ0n) is 11.4. The van der Waals surface area contributed by atoms with Crippen LogP contribution in [0.25, 0.3) is 5.69 Å². The van der Waals surface area contributed by atoms with Gasteiger partial charge in [0.1, 0.15) is 0 Å². The van der Waals surface area contributed by atoms with Crippen LogP contribution in [0.5, 0.6) is 0 Å². The van der Waals surface area contributed by atoms with Crippen LogP contribution < -0.4 is 5.32 Å². The summed E-state index contributed by atoms with van der Waals surface area (Å²) in [6.45, 7) is 4.57. The fourth-order valence-corrected chi connectivity index (χ4v) is 1.74. The minimum absolute atomic E-state index is 0.125. The maximum atomic E-state index is 11.9. The normalized spacial score (nSPS) is 10.3. The van der Waals surface area contributed by atoms with Crippen LogP contribution in [0.2, 0.25) is 0 Å². The summed E-state index contributed by atoms with van der Waals surface area (Å²) in [4.78, 5) is 13.6. The molecule has 0 atom stereocenters. The Kier molecular flexibility index (Phi) is 3.85. The molecule has 0 radical (unpaired) electrons. The van der Waals surface area contributed by atoms with Gasteiger partial charge in [-0.05, 0) is 32.0 Å². The number of nitrogens with one attached hydrogen (secondary N) is 1. The van der Waals surface area contributed by atoms with Crippen LogP contribution in [0.4, 0.5) is 10.5 Å². The first-order chi connectivity index (χ1) is 9.13. The van der Waals surface area contributed by atoms with Gasteiger partial charge in [0, 0.05) is 25.5 Å². The van der Waals surface area contributed by atoms with E-state index in [1.807, 2.05) is 48.9 Å². The highest BCUT2D eigenvalue weighted by Gasteiger charge is 2.11. The first-order valence-corrected chi connectivity index (χ1v) is 6.25. The Hall–Kier alpha value is -2.30. The lowest BCUT2D eigenvalue weighted by Gasteiger charge is -2.17. The number of amides is 2. The number of carbonyl (C=O) groups excluding carboxylic acids is 1. The molecule has 0 saturated carbocycles. The Morgan fingerprint density at radius 3 is 2.74 bits per heavy atom. The molecular weight excluding hydrogens is 240 g/mol. The second kappa shape index (κ2) is 5.56. The van der Waals surface area contributed by atoms with Crippen molar-refractivity contribution >= 4 is 11.7 Å². The number of hydrogen-bond acceptors (Lipinski definition) is 2. The molecule has 0 aliphatic heterocycles. The quantitative estimate of drug-likeness (QED) is 0.920. The number of anilines is 1. The largest absolute Gasteiger partial charge is 0.328 e. The highest BCUT2D eigenvalue weighted by Crippen LogP contribution is 2.20. The van der Waals surface area contributed by atoms with Crippen LogP contribution in [0, 0.1) is 6.92 Å². The number of nitrogens with zero attached hydrogens (tertiary/aromatic N) is 3. The van der Waals surface area contributed by atoms with Gasteiger partial charge in [0.2, 0.25) is 0 Å². The molecular formula is C14H18N4O. The third-order valence-electron chi connectivity index (χ3n) is 3.03. The molecule has 0 fully saturated rings. The van der Waals surface area contributed by atoms with Crippen LogP contribution in [0.15, 0.2) is 36.5 Å². The standard InChI is InChI=1S/C14H18N4O/c1-4-17(3)14(19)16-12-7-5-6-8-13(12)18-11(2)9-10-15-18/h5-10H,4H2,1-3H3,(H,16,19). The van der Waals surface area contributed by atoms with Gasteiger partial charge in [0.05, 0.1) is 11.4 Å². The van der Waals surface area contributed by atoms with Gasteiger partial charge in [-0.15, -0.1) is 0 Å². The van der Waals surface area contributed by atoms with Gasteiger partial charge in [-0.25, -0.2) is 9.48 Å². The molecule has 1 aromatic heterocycles. The fourth-order valence-electron chi connectivity index (χ4n) is 1.74. The van der Waals surface area contributed by atoms with E-state index in [4.69, 9.17) is 0 Å². The van der Waals surface area contributed by atoms with Gasteiger partial charge in [-0.3, -0.25) is 0 Å². The summed E-state index contributed by atoms with van der Waals surface area (Å²) in [7, 11) is 1.76. The van der Waals surface area contributed by atoms with Gasteiger partial charge < -0.3 is 10.2 Å². The first kappa shape index (κ1) is 13.1. The van der Waals surface area contributed by atoms with E-state index in [-0.39, 0.29) is 6.03 Å². The van der Waals surface area contributed by atoms with E-state index in [1.54, 1.807) is 18.1 Å². The number of benzene rings is 1. The number of urea groups is 1. The summed E-state index contributed by atoms with van der Waals surface area (Å²) in [5.41, 5.74) is 2.63. The SMILES string of the molecule is CCN(C)C(=O)Nc1ccccc1-n1nccc1C. The van der Waals surface area contributed by atoms with E-state index in [1.165, 1.54) is 0 Å².